The van der Waals surface area contributed by atoms with Crippen molar-refractivity contribution in [2.45, 2.75) is 33.3 Å². The molecule has 0 aliphatic carbocycles. The van der Waals surface area contributed by atoms with Gasteiger partial charge in [0.1, 0.15) is 0 Å². The lowest BCUT2D eigenvalue weighted by molar-refractivity contribution is 0.0628. The molecule has 1 aromatic rings. The van der Waals surface area contributed by atoms with Crippen LogP contribution in [0.5, 0.6) is 0 Å². The average Bonchev–Trinajstić information content (AvgIpc) is 2.34. The maximum absolute atomic E-state index is 11.7. The number of Topliss-reactive ketones (excluding diaryl/α,β-unsaturated/α-hetero) is 1. The van der Waals surface area contributed by atoms with E-state index < -0.39 is 6.10 Å². The second kappa shape index (κ2) is 6.61. The molecule has 0 spiro atoms. The highest BCUT2D eigenvalue weighted by Gasteiger charge is 2.21. The molecule has 0 aromatic carbocycles. The summed E-state index contributed by atoms with van der Waals surface area (Å²) in [5, 5.41) is 12.9. The Morgan fingerprint density at radius 3 is 2.78 bits per heavy atom. The number of nitrogens with zero attached hydrogens (tertiary/aromatic N) is 1. The Bertz CT molecular complexity index is 371. The van der Waals surface area contributed by atoms with Gasteiger partial charge in [-0.05, 0) is 17.5 Å². The molecule has 0 fully saturated rings. The quantitative estimate of drug-likeness (QED) is 0.595. The van der Waals surface area contributed by atoms with Crippen LogP contribution in [0.4, 0.5) is 0 Å². The largest absolute Gasteiger partial charge is 0.391 e. The van der Waals surface area contributed by atoms with Gasteiger partial charge in [0.25, 0.3) is 0 Å². The number of aliphatic hydroxyl groups excluding tert-OH is 1. The molecule has 1 atom stereocenters. The molecule has 0 bridgehead atoms. The summed E-state index contributed by atoms with van der Waals surface area (Å²) in [6.45, 7) is 7.03. The first-order valence-corrected chi connectivity index (χ1v) is 6.23. The van der Waals surface area contributed by atoms with Gasteiger partial charge in [-0.1, -0.05) is 20.8 Å². The Morgan fingerprint density at radius 1 is 1.50 bits per heavy atom. The molecular formula is C14H22N2O2. The van der Waals surface area contributed by atoms with Gasteiger partial charge in [-0.25, -0.2) is 0 Å². The minimum atomic E-state index is -0.411. The molecule has 1 rings (SSSR count). The summed E-state index contributed by atoms with van der Waals surface area (Å²) in [6, 6.07) is 3.52. The van der Waals surface area contributed by atoms with Gasteiger partial charge in [0, 0.05) is 37.5 Å². The molecule has 0 saturated carbocycles. The molecule has 4 nitrogen and oxygen atoms in total. The predicted molar refractivity (Wildman–Crippen MR) is 71.5 cm³/mol. The summed E-state index contributed by atoms with van der Waals surface area (Å²) < 4.78 is 0. The van der Waals surface area contributed by atoms with E-state index in [0.717, 1.165) is 0 Å². The normalized spacial score (nSPS) is 13.3. The van der Waals surface area contributed by atoms with E-state index in [1.54, 1.807) is 24.5 Å². The van der Waals surface area contributed by atoms with E-state index >= 15 is 0 Å². The van der Waals surface area contributed by atoms with E-state index in [9.17, 15) is 9.90 Å². The van der Waals surface area contributed by atoms with Gasteiger partial charge in [-0.15, -0.1) is 0 Å². The number of hydrogen-bond acceptors (Lipinski definition) is 4. The molecular weight excluding hydrogens is 228 g/mol. The standard InChI is InChI=1S/C14H22N2O2/c1-14(2,3)13(18)10-16-8-6-12(17)11-5-4-7-15-9-11/h4-5,7,9,13,16,18H,6,8,10H2,1-3H3. The second-order valence-electron chi connectivity index (χ2n) is 5.50. The number of carbonyl (C=O) groups excluding carboxylic acids is 1. The summed E-state index contributed by atoms with van der Waals surface area (Å²) in [7, 11) is 0. The van der Waals surface area contributed by atoms with Gasteiger partial charge in [0.05, 0.1) is 6.10 Å². The van der Waals surface area contributed by atoms with Gasteiger partial charge in [0.2, 0.25) is 0 Å². The lowest BCUT2D eigenvalue weighted by Gasteiger charge is -2.25. The summed E-state index contributed by atoms with van der Waals surface area (Å²) in [4.78, 5) is 15.7. The highest BCUT2D eigenvalue weighted by atomic mass is 16.3. The lowest BCUT2D eigenvalue weighted by atomic mass is 9.89. The van der Waals surface area contributed by atoms with Crippen molar-refractivity contribution in [2.24, 2.45) is 5.41 Å². The van der Waals surface area contributed by atoms with Crippen LogP contribution < -0.4 is 5.32 Å². The predicted octanol–water partition coefficient (Wildman–Crippen LogP) is 1.65. The summed E-state index contributed by atoms with van der Waals surface area (Å²) >= 11 is 0. The van der Waals surface area contributed by atoms with Crippen molar-refractivity contribution in [1.29, 1.82) is 0 Å². The Labute approximate surface area is 108 Å². The van der Waals surface area contributed by atoms with E-state index in [1.165, 1.54) is 0 Å². The van der Waals surface area contributed by atoms with Crippen molar-refractivity contribution in [2.75, 3.05) is 13.1 Å². The maximum Gasteiger partial charge on any atom is 0.165 e. The number of carbonyl (C=O) groups is 1. The molecule has 0 aliphatic rings. The van der Waals surface area contributed by atoms with Crippen molar-refractivity contribution in [1.82, 2.24) is 10.3 Å². The highest BCUT2D eigenvalue weighted by Crippen LogP contribution is 2.17. The average molecular weight is 250 g/mol. The molecule has 1 unspecified atom stereocenters. The molecule has 1 heterocycles. The summed E-state index contributed by atoms with van der Waals surface area (Å²) in [6.07, 6.45) is 3.23. The number of ketones is 1. The number of aromatic nitrogens is 1. The molecule has 4 heteroatoms. The SMILES string of the molecule is CC(C)(C)C(O)CNCCC(=O)c1cccnc1. The molecule has 0 radical (unpaired) electrons. The van der Waals surface area contributed by atoms with E-state index in [1.807, 2.05) is 20.8 Å². The zero-order valence-electron chi connectivity index (χ0n) is 11.3. The topological polar surface area (TPSA) is 62.2 Å². The van der Waals surface area contributed by atoms with Crippen LogP contribution in [0.25, 0.3) is 0 Å². The first-order valence-electron chi connectivity index (χ1n) is 6.23. The summed E-state index contributed by atoms with van der Waals surface area (Å²) in [5.74, 6) is 0.0702. The smallest absolute Gasteiger partial charge is 0.165 e. The van der Waals surface area contributed by atoms with Gasteiger partial charge in [-0.2, -0.15) is 0 Å². The van der Waals surface area contributed by atoms with Crippen molar-refractivity contribution < 1.29 is 9.90 Å². The van der Waals surface area contributed by atoms with Gasteiger partial charge >= 0.3 is 0 Å². The Hall–Kier alpha value is -1.26. The highest BCUT2D eigenvalue weighted by molar-refractivity contribution is 5.95. The van der Waals surface area contributed by atoms with Gasteiger partial charge in [0.15, 0.2) is 5.78 Å². The number of nitrogens with one attached hydrogen (secondary N) is 1. The van der Waals surface area contributed by atoms with Crippen LogP contribution in [-0.4, -0.2) is 35.1 Å². The van der Waals surface area contributed by atoms with Crippen LogP contribution in [0.15, 0.2) is 24.5 Å². The number of aliphatic hydroxyl groups is 1. The van der Waals surface area contributed by atoms with Crippen LogP contribution in [0, 0.1) is 5.41 Å². The molecule has 1 aromatic heterocycles. The van der Waals surface area contributed by atoms with E-state index in [0.29, 0.717) is 25.1 Å². The van der Waals surface area contributed by atoms with E-state index in [-0.39, 0.29) is 11.2 Å². The number of rotatable bonds is 6. The fourth-order valence-electron chi connectivity index (χ4n) is 1.42. The third kappa shape index (κ3) is 4.94. The molecule has 0 saturated heterocycles. The van der Waals surface area contributed by atoms with E-state index in [4.69, 9.17) is 0 Å². The Kier molecular flexibility index (Phi) is 5.44. The fraction of sp³-hybridized carbons (Fsp3) is 0.571. The van der Waals surface area contributed by atoms with Crippen molar-refractivity contribution in [3.63, 3.8) is 0 Å². The Morgan fingerprint density at radius 2 is 2.22 bits per heavy atom. The van der Waals surface area contributed by atoms with Crippen LogP contribution in [0.2, 0.25) is 0 Å². The Balaban J connectivity index is 2.25. The minimum absolute atomic E-state index is 0.0702. The van der Waals surface area contributed by atoms with Gasteiger partial charge in [-0.3, -0.25) is 9.78 Å². The zero-order chi connectivity index (χ0) is 13.6. The van der Waals surface area contributed by atoms with Crippen LogP contribution in [0.1, 0.15) is 37.6 Å². The fourth-order valence-corrected chi connectivity index (χ4v) is 1.42. The zero-order valence-corrected chi connectivity index (χ0v) is 11.3. The van der Waals surface area contributed by atoms with Crippen molar-refractivity contribution in [3.05, 3.63) is 30.1 Å². The van der Waals surface area contributed by atoms with Crippen LogP contribution >= 0.6 is 0 Å². The monoisotopic (exact) mass is 250 g/mol. The third-order valence-electron chi connectivity index (χ3n) is 2.85. The molecule has 18 heavy (non-hydrogen) atoms. The second-order valence-corrected chi connectivity index (χ2v) is 5.50. The number of pyridine rings is 1. The number of hydrogen-bond donors (Lipinski definition) is 2. The first kappa shape index (κ1) is 14.8. The van der Waals surface area contributed by atoms with Crippen LogP contribution in [0.3, 0.4) is 0 Å². The maximum atomic E-state index is 11.7. The van der Waals surface area contributed by atoms with E-state index in [2.05, 4.69) is 10.3 Å². The lowest BCUT2D eigenvalue weighted by Crippen LogP contribution is -2.37. The molecule has 100 valence electrons. The molecule has 0 amide bonds. The van der Waals surface area contributed by atoms with Crippen molar-refractivity contribution >= 4 is 5.78 Å². The van der Waals surface area contributed by atoms with Crippen molar-refractivity contribution in [3.8, 4) is 0 Å². The van der Waals surface area contributed by atoms with Gasteiger partial charge < -0.3 is 10.4 Å². The molecule has 2 N–H and O–H groups in total. The third-order valence-corrected chi connectivity index (χ3v) is 2.85. The summed E-state index contributed by atoms with van der Waals surface area (Å²) in [5.41, 5.74) is 0.496. The first-order chi connectivity index (χ1) is 8.41. The molecule has 0 aliphatic heterocycles. The van der Waals surface area contributed by atoms with Crippen LogP contribution in [-0.2, 0) is 0 Å². The minimum Gasteiger partial charge on any atom is -0.391 e.